The van der Waals surface area contributed by atoms with Crippen LogP contribution in [0.1, 0.15) is 31.9 Å². The van der Waals surface area contributed by atoms with Gasteiger partial charge < -0.3 is 10.8 Å². The van der Waals surface area contributed by atoms with Crippen molar-refractivity contribution in [2.24, 2.45) is 5.73 Å². The molecule has 0 saturated heterocycles. The van der Waals surface area contributed by atoms with Gasteiger partial charge in [-0.1, -0.05) is 24.3 Å². The van der Waals surface area contributed by atoms with Gasteiger partial charge in [0, 0.05) is 6.04 Å². The zero-order chi connectivity index (χ0) is 10.8. The summed E-state index contributed by atoms with van der Waals surface area (Å²) < 4.78 is 0. The first-order chi connectivity index (χ1) is 6.39. The van der Waals surface area contributed by atoms with Crippen molar-refractivity contribution in [3.05, 3.63) is 35.4 Å². The Kier molecular flexibility index (Phi) is 3.29. The number of aliphatic hydroxyl groups is 1. The Morgan fingerprint density at radius 2 is 2.07 bits per heavy atom. The Balaban J connectivity index is 2.90. The van der Waals surface area contributed by atoms with Crippen molar-refractivity contribution in [3.8, 4) is 0 Å². The maximum absolute atomic E-state index is 9.82. The average Bonchev–Trinajstić information content (AvgIpc) is 2.01. The van der Waals surface area contributed by atoms with Crippen molar-refractivity contribution in [3.63, 3.8) is 0 Å². The molecule has 1 rings (SSSR count). The molecule has 0 unspecified atom stereocenters. The number of hydrogen-bond acceptors (Lipinski definition) is 2. The van der Waals surface area contributed by atoms with E-state index in [0.717, 1.165) is 12.0 Å². The molecule has 1 atom stereocenters. The minimum Gasteiger partial charge on any atom is -0.386 e. The van der Waals surface area contributed by atoms with Gasteiger partial charge in [-0.2, -0.15) is 0 Å². The first kappa shape index (κ1) is 11.2. The molecule has 0 saturated carbocycles. The van der Waals surface area contributed by atoms with Crippen molar-refractivity contribution in [1.82, 2.24) is 0 Å². The molecule has 0 fully saturated rings. The zero-order valence-corrected chi connectivity index (χ0v) is 9.12. The second-order valence-corrected chi connectivity index (χ2v) is 4.44. The number of hydrogen-bond donors (Lipinski definition) is 2. The molecule has 78 valence electrons. The van der Waals surface area contributed by atoms with E-state index >= 15 is 0 Å². The minimum atomic E-state index is -0.770. The van der Waals surface area contributed by atoms with Crippen LogP contribution in [0.25, 0.3) is 0 Å². The normalized spacial score (nSPS) is 14.1. The predicted octanol–water partition coefficient (Wildman–Crippen LogP) is 1.80. The maximum atomic E-state index is 9.82. The van der Waals surface area contributed by atoms with E-state index in [-0.39, 0.29) is 6.04 Å². The fraction of sp³-hybridized carbons (Fsp3) is 0.500. The number of nitrogens with two attached hydrogens (primary N) is 1. The van der Waals surface area contributed by atoms with Crippen LogP contribution in [-0.2, 0) is 12.0 Å². The molecule has 0 amide bonds. The molecule has 14 heavy (non-hydrogen) atoms. The van der Waals surface area contributed by atoms with Crippen LogP contribution in [0.5, 0.6) is 0 Å². The van der Waals surface area contributed by atoms with E-state index in [1.807, 2.05) is 31.2 Å². The third-order valence-electron chi connectivity index (χ3n) is 2.19. The standard InChI is InChI=1S/C12H19NO/c1-9(13)7-10-5-4-6-11(8-10)12(2,3)14/h4-6,8-9,14H,7,13H2,1-3H3/t9-/m0/s1. The van der Waals surface area contributed by atoms with Crippen LogP contribution < -0.4 is 5.73 Å². The van der Waals surface area contributed by atoms with Crippen molar-refractivity contribution < 1.29 is 5.11 Å². The lowest BCUT2D eigenvalue weighted by Crippen LogP contribution is -2.19. The molecule has 0 bridgehead atoms. The van der Waals surface area contributed by atoms with Crippen LogP contribution in [0.15, 0.2) is 24.3 Å². The highest BCUT2D eigenvalue weighted by Crippen LogP contribution is 2.20. The Morgan fingerprint density at radius 3 is 2.57 bits per heavy atom. The monoisotopic (exact) mass is 193 g/mol. The van der Waals surface area contributed by atoms with Gasteiger partial charge in [0.2, 0.25) is 0 Å². The summed E-state index contributed by atoms with van der Waals surface area (Å²) in [5.41, 5.74) is 7.07. The summed E-state index contributed by atoms with van der Waals surface area (Å²) in [4.78, 5) is 0. The van der Waals surface area contributed by atoms with Gasteiger partial charge in [-0.15, -0.1) is 0 Å². The van der Waals surface area contributed by atoms with Crippen LogP contribution in [0.4, 0.5) is 0 Å². The molecule has 0 spiro atoms. The molecule has 2 heteroatoms. The van der Waals surface area contributed by atoms with Crippen LogP contribution in [0, 0.1) is 0 Å². The Hall–Kier alpha value is -0.860. The quantitative estimate of drug-likeness (QED) is 0.769. The highest BCUT2D eigenvalue weighted by Gasteiger charge is 2.15. The van der Waals surface area contributed by atoms with E-state index in [0.29, 0.717) is 0 Å². The Labute approximate surface area is 85.8 Å². The second kappa shape index (κ2) is 4.11. The van der Waals surface area contributed by atoms with Gasteiger partial charge in [0.15, 0.2) is 0 Å². The topological polar surface area (TPSA) is 46.2 Å². The molecule has 0 aromatic heterocycles. The highest BCUT2D eigenvalue weighted by atomic mass is 16.3. The molecule has 0 aliphatic carbocycles. The van der Waals surface area contributed by atoms with E-state index in [1.54, 1.807) is 13.8 Å². The third-order valence-corrected chi connectivity index (χ3v) is 2.19. The van der Waals surface area contributed by atoms with Gasteiger partial charge in [-0.05, 0) is 38.3 Å². The maximum Gasteiger partial charge on any atom is 0.0840 e. The van der Waals surface area contributed by atoms with E-state index in [1.165, 1.54) is 5.56 Å². The summed E-state index contributed by atoms with van der Waals surface area (Å²) in [5.74, 6) is 0. The Morgan fingerprint density at radius 1 is 1.43 bits per heavy atom. The van der Waals surface area contributed by atoms with E-state index < -0.39 is 5.60 Å². The molecule has 1 aromatic carbocycles. The molecule has 2 nitrogen and oxygen atoms in total. The molecule has 0 heterocycles. The summed E-state index contributed by atoms with van der Waals surface area (Å²) in [7, 11) is 0. The smallest absolute Gasteiger partial charge is 0.0840 e. The number of rotatable bonds is 3. The highest BCUT2D eigenvalue weighted by molar-refractivity contribution is 5.27. The average molecular weight is 193 g/mol. The summed E-state index contributed by atoms with van der Waals surface area (Å²) in [6.45, 7) is 5.56. The molecular weight excluding hydrogens is 174 g/mol. The molecule has 0 aliphatic heterocycles. The fourth-order valence-electron chi connectivity index (χ4n) is 1.45. The van der Waals surface area contributed by atoms with Gasteiger partial charge in [0.1, 0.15) is 0 Å². The predicted molar refractivity (Wildman–Crippen MR) is 59.0 cm³/mol. The summed E-state index contributed by atoms with van der Waals surface area (Å²) in [5, 5.41) is 9.82. The van der Waals surface area contributed by atoms with Crippen LogP contribution in [0.3, 0.4) is 0 Å². The first-order valence-electron chi connectivity index (χ1n) is 4.97. The van der Waals surface area contributed by atoms with Crippen LogP contribution in [0.2, 0.25) is 0 Å². The lowest BCUT2D eigenvalue weighted by Gasteiger charge is -2.18. The van der Waals surface area contributed by atoms with Gasteiger partial charge in [-0.3, -0.25) is 0 Å². The minimum absolute atomic E-state index is 0.159. The van der Waals surface area contributed by atoms with Crippen molar-refractivity contribution in [1.29, 1.82) is 0 Å². The van der Waals surface area contributed by atoms with Gasteiger partial charge >= 0.3 is 0 Å². The summed E-state index contributed by atoms with van der Waals surface area (Å²) in [6, 6.07) is 8.12. The van der Waals surface area contributed by atoms with E-state index in [2.05, 4.69) is 0 Å². The van der Waals surface area contributed by atoms with Crippen molar-refractivity contribution >= 4 is 0 Å². The van der Waals surface area contributed by atoms with Gasteiger partial charge in [0.05, 0.1) is 5.60 Å². The zero-order valence-electron chi connectivity index (χ0n) is 9.12. The van der Waals surface area contributed by atoms with Gasteiger partial charge in [-0.25, -0.2) is 0 Å². The SMILES string of the molecule is C[C@H](N)Cc1cccc(C(C)(C)O)c1. The van der Waals surface area contributed by atoms with Gasteiger partial charge in [0.25, 0.3) is 0 Å². The molecule has 1 aromatic rings. The molecule has 0 aliphatic rings. The van der Waals surface area contributed by atoms with Crippen LogP contribution >= 0.6 is 0 Å². The second-order valence-electron chi connectivity index (χ2n) is 4.44. The van der Waals surface area contributed by atoms with Crippen molar-refractivity contribution in [2.75, 3.05) is 0 Å². The molecule has 3 N–H and O–H groups in total. The summed E-state index contributed by atoms with van der Waals surface area (Å²) >= 11 is 0. The van der Waals surface area contributed by atoms with Crippen molar-refractivity contribution in [2.45, 2.75) is 38.8 Å². The fourth-order valence-corrected chi connectivity index (χ4v) is 1.45. The molecule has 0 radical (unpaired) electrons. The number of benzene rings is 1. The van der Waals surface area contributed by atoms with E-state index in [4.69, 9.17) is 5.73 Å². The lowest BCUT2D eigenvalue weighted by molar-refractivity contribution is 0.0785. The van der Waals surface area contributed by atoms with E-state index in [9.17, 15) is 5.11 Å². The largest absolute Gasteiger partial charge is 0.386 e. The Bertz CT molecular complexity index is 299. The molecular formula is C12H19NO. The van der Waals surface area contributed by atoms with Crippen LogP contribution in [-0.4, -0.2) is 11.1 Å². The summed E-state index contributed by atoms with van der Waals surface area (Å²) in [6.07, 6.45) is 0.851. The first-order valence-corrected chi connectivity index (χ1v) is 4.97. The lowest BCUT2D eigenvalue weighted by atomic mass is 9.95. The third kappa shape index (κ3) is 3.13.